The van der Waals surface area contributed by atoms with Crippen LogP contribution in [-0.4, -0.2) is 40.0 Å². The van der Waals surface area contributed by atoms with Crippen molar-refractivity contribution in [3.05, 3.63) is 0 Å². The first-order chi connectivity index (χ1) is 6.36. The molecule has 13 heavy (non-hydrogen) atoms. The molecule has 78 valence electrons. The number of rotatable bonds is 7. The normalized spacial score (nSPS) is 19.8. The maximum Gasteiger partial charge on any atom is 0.0928 e. The molecule has 3 heteroatoms. The fourth-order valence-corrected chi connectivity index (χ4v) is 1.54. The van der Waals surface area contributed by atoms with Crippen molar-refractivity contribution in [1.82, 2.24) is 5.32 Å². The van der Waals surface area contributed by atoms with E-state index in [1.807, 2.05) is 0 Å². The second-order valence-electron chi connectivity index (χ2n) is 3.77. The minimum absolute atomic E-state index is 0.199. The van der Waals surface area contributed by atoms with Gasteiger partial charge in [-0.25, -0.2) is 0 Å². The minimum Gasteiger partial charge on any atom is -0.382 e. The van der Waals surface area contributed by atoms with Crippen LogP contribution in [0.25, 0.3) is 0 Å². The van der Waals surface area contributed by atoms with Gasteiger partial charge in [0.15, 0.2) is 0 Å². The molecular weight excluding hydrogens is 166 g/mol. The molecular formula is C10H21NO2. The Kier molecular flexibility index (Phi) is 5.35. The summed E-state index contributed by atoms with van der Waals surface area (Å²) < 4.78 is 10.3. The summed E-state index contributed by atoms with van der Waals surface area (Å²) in [5, 5.41) is 3.42. The molecule has 1 rings (SSSR count). The fraction of sp³-hybridized carbons (Fsp3) is 1.00. The number of hydrogen-bond acceptors (Lipinski definition) is 3. The SMILES string of the molecule is COCC(CNCC1CCC1)OC. The van der Waals surface area contributed by atoms with Gasteiger partial charge in [-0.05, 0) is 25.3 Å². The third-order valence-electron chi connectivity index (χ3n) is 2.72. The van der Waals surface area contributed by atoms with E-state index in [0.29, 0.717) is 6.61 Å². The van der Waals surface area contributed by atoms with E-state index in [-0.39, 0.29) is 6.10 Å². The first-order valence-corrected chi connectivity index (χ1v) is 5.09. The third kappa shape index (κ3) is 4.07. The van der Waals surface area contributed by atoms with Crippen LogP contribution in [0.15, 0.2) is 0 Å². The van der Waals surface area contributed by atoms with Gasteiger partial charge in [0.1, 0.15) is 0 Å². The zero-order valence-corrected chi connectivity index (χ0v) is 8.71. The van der Waals surface area contributed by atoms with Crippen LogP contribution in [0.2, 0.25) is 0 Å². The molecule has 0 aliphatic heterocycles. The Morgan fingerprint density at radius 1 is 1.38 bits per heavy atom. The lowest BCUT2D eigenvalue weighted by Crippen LogP contribution is -2.36. The van der Waals surface area contributed by atoms with Crippen LogP contribution in [0.1, 0.15) is 19.3 Å². The Morgan fingerprint density at radius 3 is 2.62 bits per heavy atom. The number of hydrogen-bond donors (Lipinski definition) is 1. The Bertz CT molecular complexity index is 126. The van der Waals surface area contributed by atoms with Gasteiger partial charge < -0.3 is 14.8 Å². The molecule has 0 heterocycles. The zero-order valence-electron chi connectivity index (χ0n) is 8.71. The summed E-state index contributed by atoms with van der Waals surface area (Å²) in [7, 11) is 3.44. The molecule has 1 N–H and O–H groups in total. The quantitative estimate of drug-likeness (QED) is 0.646. The average molecular weight is 187 g/mol. The lowest BCUT2D eigenvalue weighted by atomic mass is 9.85. The molecule has 1 fully saturated rings. The van der Waals surface area contributed by atoms with E-state index in [4.69, 9.17) is 9.47 Å². The molecule has 0 radical (unpaired) electrons. The highest BCUT2D eigenvalue weighted by Gasteiger charge is 2.17. The van der Waals surface area contributed by atoms with Crippen LogP contribution in [-0.2, 0) is 9.47 Å². The van der Waals surface area contributed by atoms with Crippen LogP contribution >= 0.6 is 0 Å². The summed E-state index contributed by atoms with van der Waals surface area (Å²) in [5.74, 6) is 0.917. The Balaban J connectivity index is 1.94. The van der Waals surface area contributed by atoms with Gasteiger partial charge >= 0.3 is 0 Å². The zero-order chi connectivity index (χ0) is 9.52. The van der Waals surface area contributed by atoms with Gasteiger partial charge in [-0.15, -0.1) is 0 Å². The van der Waals surface area contributed by atoms with Crippen LogP contribution in [0.3, 0.4) is 0 Å². The third-order valence-corrected chi connectivity index (χ3v) is 2.72. The minimum atomic E-state index is 0.199. The molecule has 1 unspecified atom stereocenters. The lowest BCUT2D eigenvalue weighted by Gasteiger charge is -2.26. The summed E-state index contributed by atoms with van der Waals surface area (Å²) in [6, 6.07) is 0. The van der Waals surface area contributed by atoms with E-state index in [1.54, 1.807) is 14.2 Å². The summed E-state index contributed by atoms with van der Waals surface area (Å²) in [4.78, 5) is 0. The van der Waals surface area contributed by atoms with Gasteiger partial charge in [-0.1, -0.05) is 6.42 Å². The predicted molar refractivity (Wildman–Crippen MR) is 52.9 cm³/mol. The van der Waals surface area contributed by atoms with Crippen molar-refractivity contribution in [2.45, 2.75) is 25.4 Å². The maximum absolute atomic E-state index is 5.24. The Hall–Kier alpha value is -0.120. The van der Waals surface area contributed by atoms with Gasteiger partial charge in [0, 0.05) is 20.8 Å². The maximum atomic E-state index is 5.24. The van der Waals surface area contributed by atoms with E-state index in [0.717, 1.165) is 19.0 Å². The predicted octanol–water partition coefficient (Wildman–Crippen LogP) is 1.04. The molecule has 0 amide bonds. The summed E-state index contributed by atoms with van der Waals surface area (Å²) in [6.07, 6.45) is 4.41. The van der Waals surface area contributed by atoms with E-state index in [2.05, 4.69) is 5.32 Å². The molecule has 1 aliphatic carbocycles. The van der Waals surface area contributed by atoms with Gasteiger partial charge in [-0.3, -0.25) is 0 Å². The summed E-state index contributed by atoms with van der Waals surface area (Å²) in [6.45, 7) is 2.72. The molecule has 0 aromatic carbocycles. The smallest absolute Gasteiger partial charge is 0.0928 e. The first kappa shape index (κ1) is 11.0. The van der Waals surface area contributed by atoms with Crippen LogP contribution in [0, 0.1) is 5.92 Å². The fourth-order valence-electron chi connectivity index (χ4n) is 1.54. The molecule has 1 saturated carbocycles. The van der Waals surface area contributed by atoms with Crippen molar-refractivity contribution in [2.75, 3.05) is 33.9 Å². The van der Waals surface area contributed by atoms with E-state index in [1.165, 1.54) is 19.3 Å². The molecule has 0 saturated heterocycles. The average Bonchev–Trinajstić information content (AvgIpc) is 2.07. The number of ether oxygens (including phenoxy) is 2. The van der Waals surface area contributed by atoms with Crippen molar-refractivity contribution in [3.8, 4) is 0 Å². The number of nitrogens with one attached hydrogen (secondary N) is 1. The van der Waals surface area contributed by atoms with Gasteiger partial charge in [-0.2, -0.15) is 0 Å². The standard InChI is InChI=1S/C10H21NO2/c1-12-8-10(13-2)7-11-6-9-4-3-5-9/h9-11H,3-8H2,1-2H3. The Labute approximate surface area is 80.8 Å². The topological polar surface area (TPSA) is 30.5 Å². The Morgan fingerprint density at radius 2 is 2.15 bits per heavy atom. The van der Waals surface area contributed by atoms with Crippen LogP contribution in [0.5, 0.6) is 0 Å². The summed E-state index contributed by atoms with van der Waals surface area (Å²) in [5.41, 5.74) is 0. The van der Waals surface area contributed by atoms with Crippen molar-refractivity contribution in [3.63, 3.8) is 0 Å². The van der Waals surface area contributed by atoms with Gasteiger partial charge in [0.25, 0.3) is 0 Å². The second-order valence-corrected chi connectivity index (χ2v) is 3.77. The number of methoxy groups -OCH3 is 2. The van der Waals surface area contributed by atoms with Crippen molar-refractivity contribution >= 4 is 0 Å². The van der Waals surface area contributed by atoms with Gasteiger partial charge in [0.05, 0.1) is 12.7 Å². The molecule has 0 aromatic rings. The van der Waals surface area contributed by atoms with Crippen molar-refractivity contribution in [2.24, 2.45) is 5.92 Å². The van der Waals surface area contributed by atoms with Crippen molar-refractivity contribution in [1.29, 1.82) is 0 Å². The molecule has 0 aromatic heterocycles. The molecule has 3 nitrogen and oxygen atoms in total. The van der Waals surface area contributed by atoms with Crippen LogP contribution < -0.4 is 5.32 Å². The second kappa shape index (κ2) is 6.35. The largest absolute Gasteiger partial charge is 0.382 e. The highest BCUT2D eigenvalue weighted by Crippen LogP contribution is 2.24. The highest BCUT2D eigenvalue weighted by molar-refractivity contribution is 4.72. The van der Waals surface area contributed by atoms with E-state index >= 15 is 0 Å². The highest BCUT2D eigenvalue weighted by atomic mass is 16.5. The first-order valence-electron chi connectivity index (χ1n) is 5.09. The monoisotopic (exact) mass is 187 g/mol. The molecule has 0 spiro atoms. The van der Waals surface area contributed by atoms with Crippen LogP contribution in [0.4, 0.5) is 0 Å². The van der Waals surface area contributed by atoms with E-state index < -0.39 is 0 Å². The van der Waals surface area contributed by atoms with Gasteiger partial charge in [0.2, 0.25) is 0 Å². The molecule has 1 aliphatic rings. The summed E-state index contributed by atoms with van der Waals surface area (Å²) >= 11 is 0. The lowest BCUT2D eigenvalue weighted by molar-refractivity contribution is 0.0279. The molecule has 0 bridgehead atoms. The molecule has 1 atom stereocenters. The van der Waals surface area contributed by atoms with Crippen molar-refractivity contribution < 1.29 is 9.47 Å². The van der Waals surface area contributed by atoms with E-state index in [9.17, 15) is 0 Å².